The van der Waals surface area contributed by atoms with Gasteiger partial charge in [0.15, 0.2) is 0 Å². The Morgan fingerprint density at radius 1 is 1.12 bits per heavy atom. The fourth-order valence-electron chi connectivity index (χ4n) is 3.34. The normalized spacial score (nSPS) is 29.2. The zero-order valence-electron chi connectivity index (χ0n) is 11.5. The van der Waals surface area contributed by atoms with Crippen LogP contribution in [0.25, 0.3) is 0 Å². The van der Waals surface area contributed by atoms with Crippen molar-refractivity contribution in [3.63, 3.8) is 0 Å². The van der Waals surface area contributed by atoms with E-state index in [2.05, 4.69) is 20.8 Å². The molecule has 0 spiro atoms. The van der Waals surface area contributed by atoms with Crippen LogP contribution in [0.2, 0.25) is 0 Å². The Bertz CT molecular complexity index is 190. The maximum absolute atomic E-state index is 10.6. The summed E-state index contributed by atoms with van der Waals surface area (Å²) in [5.74, 6) is 1.69. The van der Waals surface area contributed by atoms with Gasteiger partial charge in [0.05, 0.1) is 5.60 Å². The molecule has 1 rings (SSSR count). The van der Waals surface area contributed by atoms with E-state index in [1.165, 1.54) is 38.5 Å². The number of unbranched alkanes of at least 4 members (excludes halogenated alkanes) is 1. The summed E-state index contributed by atoms with van der Waals surface area (Å²) >= 11 is 0. The second-order valence-electron chi connectivity index (χ2n) is 5.74. The van der Waals surface area contributed by atoms with Crippen LogP contribution in [0.4, 0.5) is 0 Å². The highest BCUT2D eigenvalue weighted by Crippen LogP contribution is 2.40. The Kier molecular flexibility index (Phi) is 5.82. The first-order chi connectivity index (χ1) is 7.65. The van der Waals surface area contributed by atoms with Crippen LogP contribution in [0.15, 0.2) is 0 Å². The van der Waals surface area contributed by atoms with Crippen molar-refractivity contribution in [2.45, 2.75) is 84.2 Å². The first kappa shape index (κ1) is 14.0. The second kappa shape index (κ2) is 6.64. The molecule has 1 aliphatic carbocycles. The number of rotatable bonds is 7. The Morgan fingerprint density at radius 2 is 1.81 bits per heavy atom. The lowest BCUT2D eigenvalue weighted by atomic mass is 9.79. The van der Waals surface area contributed by atoms with Gasteiger partial charge in [-0.05, 0) is 31.1 Å². The van der Waals surface area contributed by atoms with Crippen LogP contribution in [0.5, 0.6) is 0 Å². The van der Waals surface area contributed by atoms with Crippen LogP contribution >= 0.6 is 0 Å². The molecule has 96 valence electrons. The minimum Gasteiger partial charge on any atom is -0.390 e. The third-order valence-electron chi connectivity index (χ3n) is 4.64. The first-order valence-electron chi connectivity index (χ1n) is 7.37. The molecule has 0 aromatic carbocycles. The molecule has 0 aromatic heterocycles. The summed E-state index contributed by atoms with van der Waals surface area (Å²) in [4.78, 5) is 0. The van der Waals surface area contributed by atoms with Gasteiger partial charge in [-0.15, -0.1) is 0 Å². The summed E-state index contributed by atoms with van der Waals surface area (Å²) < 4.78 is 0. The van der Waals surface area contributed by atoms with E-state index in [-0.39, 0.29) is 5.60 Å². The maximum Gasteiger partial charge on any atom is 0.0648 e. The smallest absolute Gasteiger partial charge is 0.0648 e. The lowest BCUT2D eigenvalue weighted by Crippen LogP contribution is -2.31. The van der Waals surface area contributed by atoms with Gasteiger partial charge in [0.2, 0.25) is 0 Å². The fourth-order valence-corrected chi connectivity index (χ4v) is 3.34. The summed E-state index contributed by atoms with van der Waals surface area (Å²) in [6.45, 7) is 6.66. The van der Waals surface area contributed by atoms with Crippen molar-refractivity contribution in [1.82, 2.24) is 0 Å². The number of aliphatic hydroxyl groups is 1. The average molecular weight is 226 g/mol. The monoisotopic (exact) mass is 226 g/mol. The van der Waals surface area contributed by atoms with E-state index < -0.39 is 0 Å². The largest absolute Gasteiger partial charge is 0.390 e. The topological polar surface area (TPSA) is 20.2 Å². The maximum atomic E-state index is 10.6. The molecule has 0 heterocycles. The number of hydrogen-bond acceptors (Lipinski definition) is 1. The molecule has 0 bridgehead atoms. The van der Waals surface area contributed by atoms with Crippen LogP contribution in [-0.4, -0.2) is 10.7 Å². The third kappa shape index (κ3) is 3.76. The fraction of sp³-hybridized carbons (Fsp3) is 1.00. The highest BCUT2D eigenvalue weighted by molar-refractivity contribution is 4.86. The van der Waals surface area contributed by atoms with Crippen LogP contribution in [0.3, 0.4) is 0 Å². The Balaban J connectivity index is 2.47. The van der Waals surface area contributed by atoms with Gasteiger partial charge in [-0.2, -0.15) is 0 Å². The molecule has 0 aromatic rings. The molecule has 0 aliphatic heterocycles. The molecule has 3 atom stereocenters. The Hall–Kier alpha value is -0.0400. The van der Waals surface area contributed by atoms with Crippen molar-refractivity contribution in [3.05, 3.63) is 0 Å². The number of hydrogen-bond donors (Lipinski definition) is 1. The highest BCUT2D eigenvalue weighted by Gasteiger charge is 2.33. The lowest BCUT2D eigenvalue weighted by Gasteiger charge is -2.32. The van der Waals surface area contributed by atoms with E-state index in [9.17, 15) is 5.11 Å². The molecule has 16 heavy (non-hydrogen) atoms. The molecular weight excluding hydrogens is 196 g/mol. The predicted octanol–water partition coefficient (Wildman–Crippen LogP) is 4.53. The zero-order valence-corrected chi connectivity index (χ0v) is 11.5. The van der Waals surface area contributed by atoms with Gasteiger partial charge in [-0.25, -0.2) is 0 Å². The van der Waals surface area contributed by atoms with Gasteiger partial charge in [0, 0.05) is 0 Å². The molecular formula is C15H30O. The molecule has 0 saturated heterocycles. The minimum atomic E-state index is -0.363. The van der Waals surface area contributed by atoms with Gasteiger partial charge >= 0.3 is 0 Å². The summed E-state index contributed by atoms with van der Waals surface area (Å²) in [6.07, 6.45) is 10.8. The second-order valence-corrected chi connectivity index (χ2v) is 5.74. The van der Waals surface area contributed by atoms with Crippen molar-refractivity contribution in [1.29, 1.82) is 0 Å². The van der Waals surface area contributed by atoms with Crippen molar-refractivity contribution in [3.8, 4) is 0 Å². The highest BCUT2D eigenvalue weighted by atomic mass is 16.3. The predicted molar refractivity (Wildman–Crippen MR) is 70.5 cm³/mol. The molecule has 1 N–H and O–H groups in total. The molecule has 1 heteroatoms. The van der Waals surface area contributed by atoms with E-state index in [1.54, 1.807) is 0 Å². The van der Waals surface area contributed by atoms with Crippen molar-refractivity contribution >= 4 is 0 Å². The van der Waals surface area contributed by atoms with E-state index in [0.29, 0.717) is 0 Å². The SMILES string of the molecule is CCCCC(O)(CC)CC1CCCC1CC. The lowest BCUT2D eigenvalue weighted by molar-refractivity contribution is -0.00374. The molecule has 1 saturated carbocycles. The first-order valence-corrected chi connectivity index (χ1v) is 7.37. The van der Waals surface area contributed by atoms with Gasteiger partial charge in [-0.3, -0.25) is 0 Å². The van der Waals surface area contributed by atoms with Crippen LogP contribution in [0.1, 0.15) is 78.6 Å². The van der Waals surface area contributed by atoms with Crippen LogP contribution in [-0.2, 0) is 0 Å². The molecule has 1 aliphatic rings. The van der Waals surface area contributed by atoms with Crippen LogP contribution < -0.4 is 0 Å². The Labute approximate surface area is 102 Å². The summed E-state index contributed by atoms with van der Waals surface area (Å²) in [5, 5.41) is 10.6. The quantitative estimate of drug-likeness (QED) is 0.676. The van der Waals surface area contributed by atoms with Gasteiger partial charge < -0.3 is 5.11 Å². The Morgan fingerprint density at radius 3 is 2.38 bits per heavy atom. The standard InChI is InChI=1S/C15H30O/c1-4-7-11-15(16,6-3)12-14-10-8-9-13(14)5-2/h13-14,16H,4-12H2,1-3H3. The van der Waals surface area contributed by atoms with Gasteiger partial charge in [-0.1, -0.05) is 59.3 Å². The van der Waals surface area contributed by atoms with Crippen molar-refractivity contribution < 1.29 is 5.11 Å². The summed E-state index contributed by atoms with van der Waals surface area (Å²) in [7, 11) is 0. The molecule has 3 unspecified atom stereocenters. The van der Waals surface area contributed by atoms with Crippen molar-refractivity contribution in [2.24, 2.45) is 11.8 Å². The van der Waals surface area contributed by atoms with E-state index in [0.717, 1.165) is 31.1 Å². The van der Waals surface area contributed by atoms with Gasteiger partial charge in [0.25, 0.3) is 0 Å². The summed E-state index contributed by atoms with van der Waals surface area (Å²) in [5.41, 5.74) is -0.363. The van der Waals surface area contributed by atoms with Crippen molar-refractivity contribution in [2.75, 3.05) is 0 Å². The molecule has 0 amide bonds. The van der Waals surface area contributed by atoms with E-state index in [1.807, 2.05) is 0 Å². The van der Waals surface area contributed by atoms with E-state index >= 15 is 0 Å². The molecule has 0 radical (unpaired) electrons. The van der Waals surface area contributed by atoms with Crippen LogP contribution in [0, 0.1) is 11.8 Å². The molecule has 1 nitrogen and oxygen atoms in total. The summed E-state index contributed by atoms with van der Waals surface area (Å²) in [6, 6.07) is 0. The minimum absolute atomic E-state index is 0.363. The third-order valence-corrected chi connectivity index (χ3v) is 4.64. The molecule has 1 fully saturated rings. The van der Waals surface area contributed by atoms with Gasteiger partial charge in [0.1, 0.15) is 0 Å². The van der Waals surface area contributed by atoms with E-state index in [4.69, 9.17) is 0 Å². The average Bonchev–Trinajstić information content (AvgIpc) is 2.73. The zero-order chi connectivity index (χ0) is 12.0.